The van der Waals surface area contributed by atoms with E-state index in [1.807, 2.05) is 4.90 Å². The van der Waals surface area contributed by atoms with Gasteiger partial charge >= 0.3 is 6.09 Å². The Kier molecular flexibility index (Phi) is 5.01. The van der Waals surface area contributed by atoms with E-state index in [0.717, 1.165) is 12.5 Å². The molecule has 2 aliphatic rings. The average molecular weight is 269 g/mol. The van der Waals surface area contributed by atoms with Gasteiger partial charge in [0, 0.05) is 26.2 Å². The van der Waals surface area contributed by atoms with Crippen molar-refractivity contribution in [1.29, 1.82) is 0 Å². The number of carbonyl (C=O) groups excluding carboxylic acids is 2. The largest absolute Gasteiger partial charge is 0.450 e. The number of hydrogen-bond acceptors (Lipinski definition) is 4. The van der Waals surface area contributed by atoms with Crippen molar-refractivity contribution in [2.45, 2.75) is 19.8 Å². The van der Waals surface area contributed by atoms with Crippen molar-refractivity contribution in [2.24, 2.45) is 5.92 Å². The molecule has 6 heteroatoms. The Morgan fingerprint density at radius 3 is 2.37 bits per heavy atom. The zero-order valence-corrected chi connectivity index (χ0v) is 11.6. The van der Waals surface area contributed by atoms with E-state index in [2.05, 4.69) is 5.32 Å². The Morgan fingerprint density at radius 1 is 1.16 bits per heavy atom. The van der Waals surface area contributed by atoms with E-state index in [9.17, 15) is 9.59 Å². The molecule has 108 valence electrons. The quantitative estimate of drug-likeness (QED) is 0.779. The molecule has 2 rings (SSSR count). The summed E-state index contributed by atoms with van der Waals surface area (Å²) in [7, 11) is 0. The summed E-state index contributed by atoms with van der Waals surface area (Å²) in [6.45, 7) is 5.88. The van der Waals surface area contributed by atoms with Crippen molar-refractivity contribution in [1.82, 2.24) is 15.1 Å². The van der Waals surface area contributed by atoms with E-state index >= 15 is 0 Å². The topological polar surface area (TPSA) is 61.9 Å². The monoisotopic (exact) mass is 269 g/mol. The zero-order chi connectivity index (χ0) is 13.7. The molecule has 6 nitrogen and oxygen atoms in total. The number of nitrogens with zero attached hydrogens (tertiary/aromatic N) is 2. The van der Waals surface area contributed by atoms with E-state index in [1.54, 1.807) is 11.8 Å². The number of nitrogens with one attached hydrogen (secondary N) is 1. The molecule has 0 aromatic heterocycles. The molecule has 1 aliphatic heterocycles. The molecule has 2 amide bonds. The number of rotatable bonds is 5. The fourth-order valence-electron chi connectivity index (χ4n) is 2.17. The second kappa shape index (κ2) is 6.75. The van der Waals surface area contributed by atoms with E-state index in [-0.39, 0.29) is 12.0 Å². The first-order valence-electron chi connectivity index (χ1n) is 7.11. The minimum atomic E-state index is -0.276. The molecule has 0 aromatic carbocycles. The second-order valence-electron chi connectivity index (χ2n) is 5.14. The van der Waals surface area contributed by atoms with Crippen LogP contribution in [0.4, 0.5) is 4.79 Å². The van der Waals surface area contributed by atoms with Gasteiger partial charge in [0.2, 0.25) is 5.91 Å². The summed E-state index contributed by atoms with van der Waals surface area (Å²) >= 11 is 0. The molecule has 0 radical (unpaired) electrons. The van der Waals surface area contributed by atoms with Crippen LogP contribution in [0.2, 0.25) is 0 Å². The molecule has 1 saturated carbocycles. The summed E-state index contributed by atoms with van der Waals surface area (Å²) in [5, 5.41) is 3.20. The van der Waals surface area contributed by atoms with Crippen LogP contribution < -0.4 is 5.32 Å². The number of piperazine rings is 1. The van der Waals surface area contributed by atoms with Gasteiger partial charge in [-0.25, -0.2) is 4.79 Å². The third-order valence-electron chi connectivity index (χ3n) is 3.56. The van der Waals surface area contributed by atoms with Crippen LogP contribution in [0.1, 0.15) is 19.8 Å². The van der Waals surface area contributed by atoms with Gasteiger partial charge in [-0.05, 0) is 32.2 Å². The first kappa shape index (κ1) is 14.1. The summed E-state index contributed by atoms with van der Waals surface area (Å²) in [6, 6.07) is 0. The minimum Gasteiger partial charge on any atom is -0.450 e. The fourth-order valence-corrected chi connectivity index (χ4v) is 2.17. The summed E-state index contributed by atoms with van der Waals surface area (Å²) in [5.74, 6) is 0.914. The minimum absolute atomic E-state index is 0.129. The Balaban J connectivity index is 1.63. The van der Waals surface area contributed by atoms with Crippen LogP contribution in [0.3, 0.4) is 0 Å². The van der Waals surface area contributed by atoms with Gasteiger partial charge < -0.3 is 19.9 Å². The van der Waals surface area contributed by atoms with Crippen molar-refractivity contribution in [2.75, 3.05) is 45.9 Å². The van der Waals surface area contributed by atoms with Gasteiger partial charge in [-0.1, -0.05) is 0 Å². The number of ether oxygens (including phenoxy) is 1. The zero-order valence-electron chi connectivity index (χ0n) is 11.6. The normalized spacial score (nSPS) is 19.4. The van der Waals surface area contributed by atoms with Crippen molar-refractivity contribution in [3.63, 3.8) is 0 Å². The molecule has 0 bridgehead atoms. The predicted octanol–water partition coefficient (Wildman–Crippen LogP) is 0.287. The van der Waals surface area contributed by atoms with Crippen molar-refractivity contribution in [3.05, 3.63) is 0 Å². The molecule has 19 heavy (non-hydrogen) atoms. The summed E-state index contributed by atoms with van der Waals surface area (Å²) < 4.78 is 4.95. The van der Waals surface area contributed by atoms with Crippen molar-refractivity contribution >= 4 is 12.0 Å². The molecular formula is C13H23N3O3. The number of hydrogen-bond donors (Lipinski definition) is 1. The highest BCUT2D eigenvalue weighted by Gasteiger charge is 2.25. The van der Waals surface area contributed by atoms with Gasteiger partial charge in [-0.2, -0.15) is 0 Å². The predicted molar refractivity (Wildman–Crippen MR) is 70.8 cm³/mol. The highest BCUT2D eigenvalue weighted by atomic mass is 16.6. The molecule has 1 heterocycles. The van der Waals surface area contributed by atoms with Gasteiger partial charge in [0.15, 0.2) is 0 Å². The third-order valence-corrected chi connectivity index (χ3v) is 3.56. The molecule has 1 N–H and O–H groups in total. The Hall–Kier alpha value is -1.30. The number of carbonyl (C=O) groups is 2. The third kappa shape index (κ3) is 4.38. The summed E-state index contributed by atoms with van der Waals surface area (Å²) in [6.07, 6.45) is 2.31. The molecule has 1 aliphatic carbocycles. The molecule has 1 saturated heterocycles. The lowest BCUT2D eigenvalue weighted by molar-refractivity contribution is -0.131. The SMILES string of the molecule is CCOC(=O)N1CCN(C(=O)CNCC2CC2)CC1. The molecule has 0 spiro atoms. The summed E-state index contributed by atoms with van der Waals surface area (Å²) in [4.78, 5) is 26.9. The molecule has 0 unspecified atom stereocenters. The highest BCUT2D eigenvalue weighted by molar-refractivity contribution is 5.78. The lowest BCUT2D eigenvalue weighted by atomic mass is 10.3. The lowest BCUT2D eigenvalue weighted by Gasteiger charge is -2.34. The van der Waals surface area contributed by atoms with Gasteiger partial charge in [-0.15, -0.1) is 0 Å². The van der Waals surface area contributed by atoms with Crippen LogP contribution in [0.25, 0.3) is 0 Å². The van der Waals surface area contributed by atoms with Crippen molar-refractivity contribution < 1.29 is 14.3 Å². The summed E-state index contributed by atoms with van der Waals surface area (Å²) in [5.41, 5.74) is 0. The van der Waals surface area contributed by atoms with Crippen molar-refractivity contribution in [3.8, 4) is 0 Å². The second-order valence-corrected chi connectivity index (χ2v) is 5.14. The Labute approximate surface area is 114 Å². The lowest BCUT2D eigenvalue weighted by Crippen LogP contribution is -2.52. The van der Waals surface area contributed by atoms with E-state index in [1.165, 1.54) is 12.8 Å². The van der Waals surface area contributed by atoms with Gasteiger partial charge in [0.25, 0.3) is 0 Å². The van der Waals surface area contributed by atoms with E-state index in [0.29, 0.717) is 39.3 Å². The van der Waals surface area contributed by atoms with Crippen LogP contribution in [-0.2, 0) is 9.53 Å². The van der Waals surface area contributed by atoms with E-state index < -0.39 is 0 Å². The Bertz CT molecular complexity index is 323. The van der Waals surface area contributed by atoms with Crippen LogP contribution in [0.5, 0.6) is 0 Å². The van der Waals surface area contributed by atoms with E-state index in [4.69, 9.17) is 4.74 Å². The smallest absolute Gasteiger partial charge is 0.409 e. The highest BCUT2D eigenvalue weighted by Crippen LogP contribution is 2.27. The van der Waals surface area contributed by atoms with Crippen LogP contribution in [0.15, 0.2) is 0 Å². The maximum atomic E-state index is 11.9. The van der Waals surface area contributed by atoms with Crippen LogP contribution in [0, 0.1) is 5.92 Å². The standard InChI is InChI=1S/C13H23N3O3/c1-2-19-13(18)16-7-5-15(6-8-16)12(17)10-14-9-11-3-4-11/h11,14H,2-10H2,1H3. The van der Waals surface area contributed by atoms with Crippen LogP contribution in [-0.4, -0.2) is 67.7 Å². The average Bonchev–Trinajstić information content (AvgIpc) is 3.23. The Morgan fingerprint density at radius 2 is 1.79 bits per heavy atom. The molecule has 0 atom stereocenters. The molecular weight excluding hydrogens is 246 g/mol. The van der Waals surface area contributed by atoms with Gasteiger partial charge in [0.05, 0.1) is 13.2 Å². The first-order chi connectivity index (χ1) is 9.20. The van der Waals surface area contributed by atoms with Crippen LogP contribution >= 0.6 is 0 Å². The first-order valence-corrected chi connectivity index (χ1v) is 7.11. The maximum Gasteiger partial charge on any atom is 0.409 e. The molecule has 2 fully saturated rings. The number of amides is 2. The van der Waals surface area contributed by atoms with Gasteiger partial charge in [0.1, 0.15) is 0 Å². The molecule has 0 aromatic rings. The fraction of sp³-hybridized carbons (Fsp3) is 0.846. The van der Waals surface area contributed by atoms with Gasteiger partial charge in [-0.3, -0.25) is 4.79 Å². The maximum absolute atomic E-state index is 11.9.